The lowest BCUT2D eigenvalue weighted by atomic mass is 10.1. The second kappa shape index (κ2) is 7.96. The second-order valence-corrected chi connectivity index (χ2v) is 5.62. The molecule has 0 unspecified atom stereocenters. The molecule has 0 atom stereocenters. The Morgan fingerprint density at radius 1 is 1.10 bits per heavy atom. The van der Waals surface area contributed by atoms with Crippen LogP contribution in [0.25, 0.3) is 0 Å². The SMILES string of the molecule is CCCN(CCC)c1ccc(C(=O)N2CCCCC2)nn1. The molecule has 0 spiro atoms. The van der Waals surface area contributed by atoms with Crippen LogP contribution >= 0.6 is 0 Å². The van der Waals surface area contributed by atoms with Gasteiger partial charge in [0.05, 0.1) is 0 Å². The van der Waals surface area contributed by atoms with E-state index in [0.29, 0.717) is 5.69 Å². The summed E-state index contributed by atoms with van der Waals surface area (Å²) in [5, 5.41) is 8.42. The van der Waals surface area contributed by atoms with Crippen molar-refractivity contribution in [3.8, 4) is 0 Å². The zero-order chi connectivity index (χ0) is 15.1. The standard InChI is InChI=1S/C16H26N4O/c1-3-10-19(11-4-2)15-9-8-14(17-18-15)16(21)20-12-6-5-7-13-20/h8-9H,3-7,10-13H2,1-2H3. The van der Waals surface area contributed by atoms with Gasteiger partial charge < -0.3 is 9.80 Å². The van der Waals surface area contributed by atoms with Gasteiger partial charge in [-0.3, -0.25) is 4.79 Å². The minimum Gasteiger partial charge on any atom is -0.355 e. The van der Waals surface area contributed by atoms with Gasteiger partial charge >= 0.3 is 0 Å². The molecule has 21 heavy (non-hydrogen) atoms. The van der Waals surface area contributed by atoms with Crippen molar-refractivity contribution in [1.82, 2.24) is 15.1 Å². The smallest absolute Gasteiger partial charge is 0.274 e. The lowest BCUT2D eigenvalue weighted by molar-refractivity contribution is 0.0717. The van der Waals surface area contributed by atoms with Crippen molar-refractivity contribution in [2.24, 2.45) is 0 Å². The maximum absolute atomic E-state index is 12.3. The molecular weight excluding hydrogens is 264 g/mol. The van der Waals surface area contributed by atoms with Crippen molar-refractivity contribution >= 4 is 11.7 Å². The monoisotopic (exact) mass is 290 g/mol. The van der Waals surface area contributed by atoms with E-state index >= 15 is 0 Å². The molecular formula is C16H26N4O. The average Bonchev–Trinajstić information content (AvgIpc) is 2.55. The summed E-state index contributed by atoms with van der Waals surface area (Å²) in [7, 11) is 0. The molecule has 0 aliphatic carbocycles. The Labute approximate surface area is 127 Å². The van der Waals surface area contributed by atoms with Gasteiger partial charge in [-0.2, -0.15) is 0 Å². The van der Waals surface area contributed by atoms with Crippen molar-refractivity contribution in [3.05, 3.63) is 17.8 Å². The van der Waals surface area contributed by atoms with Crippen LogP contribution in [0.4, 0.5) is 5.82 Å². The third-order valence-corrected chi connectivity index (χ3v) is 3.82. The molecule has 1 saturated heterocycles. The van der Waals surface area contributed by atoms with Crippen LogP contribution < -0.4 is 4.90 Å². The number of likely N-dealkylation sites (tertiary alicyclic amines) is 1. The summed E-state index contributed by atoms with van der Waals surface area (Å²) in [6, 6.07) is 3.74. The lowest BCUT2D eigenvalue weighted by Crippen LogP contribution is -2.36. The van der Waals surface area contributed by atoms with Crippen molar-refractivity contribution < 1.29 is 4.79 Å². The number of nitrogens with zero attached hydrogens (tertiary/aromatic N) is 4. The second-order valence-electron chi connectivity index (χ2n) is 5.62. The Kier molecular flexibility index (Phi) is 5.96. The van der Waals surface area contributed by atoms with Gasteiger partial charge in [-0.05, 0) is 44.2 Å². The number of hydrogen-bond acceptors (Lipinski definition) is 4. The fourth-order valence-electron chi connectivity index (χ4n) is 2.75. The minimum atomic E-state index is 0.0197. The first-order valence-electron chi connectivity index (χ1n) is 8.14. The molecule has 5 nitrogen and oxygen atoms in total. The van der Waals surface area contributed by atoms with E-state index in [0.717, 1.165) is 57.7 Å². The van der Waals surface area contributed by atoms with E-state index in [9.17, 15) is 4.79 Å². The third-order valence-electron chi connectivity index (χ3n) is 3.82. The molecule has 1 fully saturated rings. The molecule has 0 radical (unpaired) electrons. The normalized spacial score (nSPS) is 15.0. The maximum Gasteiger partial charge on any atom is 0.274 e. The number of rotatable bonds is 6. The Morgan fingerprint density at radius 2 is 1.76 bits per heavy atom. The number of aromatic nitrogens is 2. The van der Waals surface area contributed by atoms with Crippen LogP contribution in [0.2, 0.25) is 0 Å². The fraction of sp³-hybridized carbons (Fsp3) is 0.688. The van der Waals surface area contributed by atoms with E-state index in [-0.39, 0.29) is 5.91 Å². The summed E-state index contributed by atoms with van der Waals surface area (Å²) in [6.07, 6.45) is 5.57. The predicted octanol–water partition coefficient (Wildman–Crippen LogP) is 2.73. The van der Waals surface area contributed by atoms with Crippen LogP contribution in [0.1, 0.15) is 56.4 Å². The van der Waals surface area contributed by atoms with Crippen LogP contribution in [0.3, 0.4) is 0 Å². The van der Waals surface area contributed by atoms with Crippen LogP contribution in [0.5, 0.6) is 0 Å². The molecule has 116 valence electrons. The molecule has 2 heterocycles. The average molecular weight is 290 g/mol. The van der Waals surface area contributed by atoms with Crippen LogP contribution in [0.15, 0.2) is 12.1 Å². The van der Waals surface area contributed by atoms with Gasteiger partial charge in [0.2, 0.25) is 0 Å². The van der Waals surface area contributed by atoms with E-state index < -0.39 is 0 Å². The van der Waals surface area contributed by atoms with E-state index in [4.69, 9.17) is 0 Å². The minimum absolute atomic E-state index is 0.0197. The highest BCUT2D eigenvalue weighted by Crippen LogP contribution is 2.14. The fourth-order valence-corrected chi connectivity index (χ4v) is 2.75. The molecule has 5 heteroatoms. The molecule has 1 aromatic heterocycles. The summed E-state index contributed by atoms with van der Waals surface area (Å²) >= 11 is 0. The Bertz CT molecular complexity index is 434. The third kappa shape index (κ3) is 4.16. The first kappa shape index (κ1) is 15.7. The largest absolute Gasteiger partial charge is 0.355 e. The molecule has 0 saturated carbocycles. The van der Waals surface area contributed by atoms with Gasteiger partial charge in [-0.15, -0.1) is 10.2 Å². The van der Waals surface area contributed by atoms with Gasteiger partial charge in [0.25, 0.3) is 5.91 Å². The van der Waals surface area contributed by atoms with Gasteiger partial charge in [0, 0.05) is 26.2 Å². The lowest BCUT2D eigenvalue weighted by Gasteiger charge is -2.26. The van der Waals surface area contributed by atoms with Crippen molar-refractivity contribution in [2.75, 3.05) is 31.1 Å². The Balaban J connectivity index is 2.04. The number of anilines is 1. The van der Waals surface area contributed by atoms with Gasteiger partial charge in [0.1, 0.15) is 0 Å². The van der Waals surface area contributed by atoms with Crippen molar-refractivity contribution in [1.29, 1.82) is 0 Å². The molecule has 1 amide bonds. The topological polar surface area (TPSA) is 49.3 Å². The molecule has 1 aliphatic rings. The molecule has 2 rings (SSSR count). The van der Waals surface area contributed by atoms with Gasteiger partial charge in [-0.1, -0.05) is 13.8 Å². The molecule has 0 aromatic carbocycles. The van der Waals surface area contributed by atoms with Crippen LogP contribution in [-0.2, 0) is 0 Å². The van der Waals surface area contributed by atoms with Crippen molar-refractivity contribution in [2.45, 2.75) is 46.0 Å². The van der Waals surface area contributed by atoms with Crippen LogP contribution in [-0.4, -0.2) is 47.2 Å². The highest BCUT2D eigenvalue weighted by Gasteiger charge is 2.20. The molecule has 0 N–H and O–H groups in total. The molecule has 1 aliphatic heterocycles. The van der Waals surface area contributed by atoms with E-state index in [1.165, 1.54) is 6.42 Å². The Morgan fingerprint density at radius 3 is 2.29 bits per heavy atom. The number of hydrogen-bond donors (Lipinski definition) is 0. The van der Waals surface area contributed by atoms with E-state index in [1.54, 1.807) is 0 Å². The zero-order valence-corrected chi connectivity index (χ0v) is 13.2. The quantitative estimate of drug-likeness (QED) is 0.808. The van der Waals surface area contributed by atoms with Crippen LogP contribution in [0, 0.1) is 0 Å². The molecule has 1 aromatic rings. The molecule has 0 bridgehead atoms. The highest BCUT2D eigenvalue weighted by molar-refractivity contribution is 5.92. The maximum atomic E-state index is 12.3. The number of amides is 1. The van der Waals surface area contributed by atoms with Crippen molar-refractivity contribution in [3.63, 3.8) is 0 Å². The zero-order valence-electron chi connectivity index (χ0n) is 13.2. The highest BCUT2D eigenvalue weighted by atomic mass is 16.2. The predicted molar refractivity (Wildman–Crippen MR) is 84.6 cm³/mol. The van der Waals surface area contributed by atoms with Gasteiger partial charge in [-0.25, -0.2) is 0 Å². The number of carbonyl (C=O) groups is 1. The summed E-state index contributed by atoms with van der Waals surface area (Å²) in [5.41, 5.74) is 0.466. The number of carbonyl (C=O) groups excluding carboxylic acids is 1. The summed E-state index contributed by atoms with van der Waals surface area (Å²) in [5.74, 6) is 0.889. The first-order valence-corrected chi connectivity index (χ1v) is 8.14. The summed E-state index contributed by atoms with van der Waals surface area (Å²) in [6.45, 7) is 7.96. The van der Waals surface area contributed by atoms with E-state index in [2.05, 4.69) is 28.9 Å². The summed E-state index contributed by atoms with van der Waals surface area (Å²) < 4.78 is 0. The Hall–Kier alpha value is -1.65. The number of piperidine rings is 1. The van der Waals surface area contributed by atoms with E-state index in [1.807, 2.05) is 17.0 Å². The first-order chi connectivity index (χ1) is 10.3. The summed E-state index contributed by atoms with van der Waals surface area (Å²) in [4.78, 5) is 16.5. The van der Waals surface area contributed by atoms with Gasteiger partial charge in [0.15, 0.2) is 11.5 Å².